The molecule has 0 fully saturated rings. The van der Waals surface area contributed by atoms with Crippen molar-refractivity contribution in [2.45, 2.75) is 19.3 Å². The minimum Gasteiger partial charge on any atom is -0.497 e. The van der Waals surface area contributed by atoms with Gasteiger partial charge >= 0.3 is 0 Å². The van der Waals surface area contributed by atoms with E-state index in [4.69, 9.17) is 14.9 Å². The zero-order valence-corrected chi connectivity index (χ0v) is 13.0. The molecule has 4 nitrogen and oxygen atoms in total. The van der Waals surface area contributed by atoms with E-state index in [-0.39, 0.29) is 37.3 Å². The van der Waals surface area contributed by atoms with E-state index >= 15 is 0 Å². The van der Waals surface area contributed by atoms with E-state index in [1.54, 1.807) is 7.11 Å². The maximum atomic E-state index is 12.3. The first-order valence-corrected chi connectivity index (χ1v) is 7.41. The Balaban J connectivity index is 2.21. The van der Waals surface area contributed by atoms with Crippen molar-refractivity contribution >= 4 is 16.6 Å². The predicted octanol–water partition coefficient (Wildman–Crippen LogP) is 2.51. The number of aliphatic hydroxyl groups excluding tert-OH is 2. The molecule has 0 radical (unpaired) electrons. The van der Waals surface area contributed by atoms with Crippen LogP contribution in [0.4, 0.5) is 0 Å². The van der Waals surface area contributed by atoms with Crippen LogP contribution < -0.4 is 4.74 Å². The van der Waals surface area contributed by atoms with Crippen LogP contribution in [0.1, 0.15) is 24.8 Å². The van der Waals surface area contributed by atoms with Crippen LogP contribution in [-0.4, -0.2) is 36.3 Å². The van der Waals surface area contributed by atoms with E-state index in [9.17, 15) is 4.79 Å². The number of methoxy groups -OCH3 is 1. The summed E-state index contributed by atoms with van der Waals surface area (Å²) in [5, 5.41) is 20.3. The quantitative estimate of drug-likeness (QED) is 0.824. The molecule has 0 aliphatic rings. The van der Waals surface area contributed by atoms with Gasteiger partial charge < -0.3 is 14.9 Å². The number of ketones is 1. The van der Waals surface area contributed by atoms with Crippen LogP contribution in [-0.2, 0) is 4.79 Å². The zero-order chi connectivity index (χ0) is 16.1. The molecule has 0 spiro atoms. The second kappa shape index (κ2) is 7.38. The summed E-state index contributed by atoms with van der Waals surface area (Å²) in [5.74, 6) is 0.200. The molecule has 0 aromatic heterocycles. The number of hydrogen-bond acceptors (Lipinski definition) is 4. The Morgan fingerprint density at radius 1 is 1.09 bits per heavy atom. The van der Waals surface area contributed by atoms with E-state index < -0.39 is 0 Å². The average molecular weight is 302 g/mol. The largest absolute Gasteiger partial charge is 0.497 e. The first-order valence-electron chi connectivity index (χ1n) is 7.41. The van der Waals surface area contributed by atoms with Crippen molar-refractivity contribution in [3.8, 4) is 5.75 Å². The molecule has 2 aromatic rings. The molecular formula is C18H22O4. The van der Waals surface area contributed by atoms with Gasteiger partial charge in [-0.2, -0.15) is 0 Å². The fourth-order valence-electron chi connectivity index (χ4n) is 2.47. The van der Waals surface area contributed by atoms with Gasteiger partial charge in [-0.1, -0.05) is 31.2 Å². The Labute approximate surface area is 130 Å². The topological polar surface area (TPSA) is 66.8 Å². The molecule has 2 aromatic carbocycles. The minimum absolute atomic E-state index is 0.0287. The number of aliphatic hydroxyl groups is 2. The Morgan fingerprint density at radius 3 is 2.36 bits per heavy atom. The van der Waals surface area contributed by atoms with Crippen LogP contribution >= 0.6 is 0 Å². The smallest absolute Gasteiger partial charge is 0.140 e. The summed E-state index contributed by atoms with van der Waals surface area (Å²) in [4.78, 5) is 12.3. The Hall–Kier alpha value is -1.91. The number of hydrogen-bond donors (Lipinski definition) is 2. The van der Waals surface area contributed by atoms with Gasteiger partial charge in [0.05, 0.1) is 7.11 Å². The maximum absolute atomic E-state index is 12.3. The lowest BCUT2D eigenvalue weighted by Crippen LogP contribution is -2.19. The Kier molecular flexibility index (Phi) is 5.52. The minimum atomic E-state index is -0.375. The normalized spacial score (nSPS) is 12.6. The molecule has 0 unspecified atom stereocenters. The third kappa shape index (κ3) is 3.64. The van der Waals surface area contributed by atoms with Gasteiger partial charge in [-0.15, -0.1) is 0 Å². The number of Topliss-reactive ketones (excluding diaryl/α,β-unsaturated/α-hetero) is 1. The van der Waals surface area contributed by atoms with Gasteiger partial charge in [0.25, 0.3) is 0 Å². The highest BCUT2D eigenvalue weighted by atomic mass is 16.5. The van der Waals surface area contributed by atoms with Gasteiger partial charge in [-0.25, -0.2) is 0 Å². The summed E-state index contributed by atoms with van der Waals surface area (Å²) in [6.45, 7) is 1.51. The number of carbonyl (C=O) groups excluding carboxylic acids is 1. The fraction of sp³-hybridized carbons (Fsp3) is 0.389. The van der Waals surface area contributed by atoms with Gasteiger partial charge in [-0.3, -0.25) is 4.79 Å². The Bertz CT molecular complexity index is 647. The van der Waals surface area contributed by atoms with Gasteiger partial charge in [0.15, 0.2) is 0 Å². The Morgan fingerprint density at radius 2 is 1.73 bits per heavy atom. The molecule has 0 amide bonds. The van der Waals surface area contributed by atoms with Crippen LogP contribution in [0.3, 0.4) is 0 Å². The van der Waals surface area contributed by atoms with Gasteiger partial charge in [0, 0.05) is 31.5 Å². The summed E-state index contributed by atoms with van der Waals surface area (Å²) in [6.07, 6.45) is 0.189. The van der Waals surface area contributed by atoms with Crippen molar-refractivity contribution in [3.05, 3.63) is 42.0 Å². The monoisotopic (exact) mass is 302 g/mol. The summed E-state index contributed by atoms with van der Waals surface area (Å²) in [6, 6.07) is 11.7. The molecule has 2 N–H and O–H groups in total. The highest BCUT2D eigenvalue weighted by Crippen LogP contribution is 2.26. The molecule has 0 saturated carbocycles. The second-order valence-corrected chi connectivity index (χ2v) is 5.60. The van der Waals surface area contributed by atoms with E-state index in [0.29, 0.717) is 0 Å². The predicted molar refractivity (Wildman–Crippen MR) is 86.2 cm³/mol. The molecular weight excluding hydrogens is 280 g/mol. The van der Waals surface area contributed by atoms with Crippen LogP contribution in [0.2, 0.25) is 0 Å². The highest BCUT2D eigenvalue weighted by molar-refractivity contribution is 5.89. The van der Waals surface area contributed by atoms with E-state index in [1.807, 2.05) is 43.3 Å². The van der Waals surface area contributed by atoms with Crippen molar-refractivity contribution in [2.75, 3.05) is 20.3 Å². The molecule has 2 rings (SSSR count). The molecule has 0 saturated heterocycles. The van der Waals surface area contributed by atoms with Crippen molar-refractivity contribution in [2.24, 2.45) is 5.92 Å². The van der Waals surface area contributed by atoms with E-state index in [2.05, 4.69) is 0 Å². The van der Waals surface area contributed by atoms with Gasteiger partial charge in [0.1, 0.15) is 11.5 Å². The van der Waals surface area contributed by atoms with Crippen molar-refractivity contribution in [3.63, 3.8) is 0 Å². The summed E-state index contributed by atoms with van der Waals surface area (Å²) < 4.78 is 5.21. The molecule has 4 heteroatoms. The van der Waals surface area contributed by atoms with Crippen LogP contribution in [0.5, 0.6) is 5.75 Å². The van der Waals surface area contributed by atoms with Crippen molar-refractivity contribution < 1.29 is 19.7 Å². The van der Waals surface area contributed by atoms with E-state index in [0.717, 1.165) is 22.1 Å². The third-order valence-electron chi connectivity index (χ3n) is 4.06. The maximum Gasteiger partial charge on any atom is 0.140 e. The standard InChI is InChI=1S/C18H22O4/c1-12(18(21)7-13(10-19)11-20)14-3-4-16-9-17(22-2)6-5-15(16)8-14/h3-6,8-9,12-13,19-20H,7,10-11H2,1-2H3/t12-/m0/s1. The first-order chi connectivity index (χ1) is 10.6. The van der Waals surface area contributed by atoms with Gasteiger partial charge in [0.2, 0.25) is 0 Å². The SMILES string of the molecule is COc1ccc2cc([C@H](C)C(=O)CC(CO)CO)ccc2c1. The number of benzene rings is 2. The molecule has 0 heterocycles. The van der Waals surface area contributed by atoms with Crippen LogP contribution in [0, 0.1) is 5.92 Å². The molecule has 22 heavy (non-hydrogen) atoms. The summed E-state index contributed by atoms with van der Waals surface area (Å²) in [5.41, 5.74) is 0.942. The third-order valence-corrected chi connectivity index (χ3v) is 4.06. The lowest BCUT2D eigenvalue weighted by atomic mass is 9.90. The number of rotatable bonds is 7. The molecule has 0 bridgehead atoms. The van der Waals surface area contributed by atoms with Crippen LogP contribution in [0.15, 0.2) is 36.4 Å². The second-order valence-electron chi connectivity index (χ2n) is 5.60. The number of ether oxygens (including phenoxy) is 1. The summed E-state index contributed by atoms with van der Waals surface area (Å²) in [7, 11) is 1.63. The number of fused-ring (bicyclic) bond motifs is 1. The molecule has 0 aliphatic carbocycles. The van der Waals surface area contributed by atoms with Crippen LogP contribution in [0.25, 0.3) is 10.8 Å². The molecule has 0 aliphatic heterocycles. The first kappa shape index (κ1) is 16.5. The van der Waals surface area contributed by atoms with Crippen molar-refractivity contribution in [1.82, 2.24) is 0 Å². The zero-order valence-electron chi connectivity index (χ0n) is 13.0. The highest BCUT2D eigenvalue weighted by Gasteiger charge is 2.19. The van der Waals surface area contributed by atoms with Gasteiger partial charge in [-0.05, 0) is 28.5 Å². The molecule has 118 valence electrons. The fourth-order valence-corrected chi connectivity index (χ4v) is 2.47. The lowest BCUT2D eigenvalue weighted by molar-refractivity contribution is -0.121. The average Bonchev–Trinajstić information content (AvgIpc) is 2.57. The molecule has 1 atom stereocenters. The number of carbonyl (C=O) groups is 1. The lowest BCUT2D eigenvalue weighted by Gasteiger charge is -2.15. The summed E-state index contributed by atoms with van der Waals surface area (Å²) >= 11 is 0. The van der Waals surface area contributed by atoms with Crippen molar-refractivity contribution in [1.29, 1.82) is 0 Å². The van der Waals surface area contributed by atoms with E-state index in [1.165, 1.54) is 0 Å².